The number of carbonyl (C=O) groups excluding carboxylic acids is 2. The lowest BCUT2D eigenvalue weighted by molar-refractivity contribution is -0.956. The highest BCUT2D eigenvalue weighted by Gasteiger charge is 2.57. The number of nitrogens with zero attached hydrogens (tertiary/aromatic N) is 1. The third-order valence-electron chi connectivity index (χ3n) is 13.4. The smallest absolute Gasteiger partial charge is 0.348 e. The number of unbranched alkanes of at least 4 members (excludes halogenated alkanes) is 12. The van der Waals surface area contributed by atoms with Crippen molar-refractivity contribution in [2.24, 2.45) is 5.92 Å². The van der Waals surface area contributed by atoms with Gasteiger partial charge in [0, 0.05) is 64.1 Å². The lowest BCUT2D eigenvalue weighted by atomic mass is 9.85. The average molecular weight is 781 g/mol. The molecular weight excluding hydrogens is 710 g/mol. The summed E-state index contributed by atoms with van der Waals surface area (Å²) in [6.45, 7) is 5.95. The Balaban J connectivity index is 0.00000580. The second-order valence-corrected chi connectivity index (χ2v) is 17.0. The van der Waals surface area contributed by atoms with Crippen LogP contribution in [0.25, 0.3) is 0 Å². The molecule has 3 unspecified atom stereocenters. The Hall–Kier alpha value is -2.45. The highest BCUT2D eigenvalue weighted by Crippen LogP contribution is 2.47. The molecule has 6 rings (SSSR count). The third-order valence-corrected chi connectivity index (χ3v) is 13.4. The van der Waals surface area contributed by atoms with Crippen molar-refractivity contribution in [3.05, 3.63) is 71.8 Å². The van der Waals surface area contributed by atoms with Crippen LogP contribution in [0.1, 0.15) is 159 Å². The SMILES string of the molecule is CCCCCCCCCCCCCCCC(=O)OC(OC(C(=O)OC1CC2CCC(C1)[N+]21CCCC1)(c1ccccc1)c1ccccc1)C1CCOCC1.[Cl-]. The Morgan fingerprint density at radius 3 is 1.71 bits per heavy atom. The van der Waals surface area contributed by atoms with E-state index in [0.717, 1.165) is 32.1 Å². The normalized spacial score (nSPS) is 22.6. The minimum Gasteiger partial charge on any atom is -1.00 e. The number of piperidine rings is 1. The first-order valence-corrected chi connectivity index (χ1v) is 22.2. The van der Waals surface area contributed by atoms with Gasteiger partial charge in [0.15, 0.2) is 0 Å². The summed E-state index contributed by atoms with van der Waals surface area (Å²) in [7, 11) is 0. The number of hydrogen-bond donors (Lipinski definition) is 0. The van der Waals surface area contributed by atoms with Crippen molar-refractivity contribution in [3.8, 4) is 0 Å². The topological polar surface area (TPSA) is 71.1 Å². The highest BCUT2D eigenvalue weighted by molar-refractivity contribution is 5.86. The van der Waals surface area contributed by atoms with Gasteiger partial charge in [0.05, 0.1) is 25.2 Å². The molecule has 55 heavy (non-hydrogen) atoms. The minimum atomic E-state index is -1.60. The summed E-state index contributed by atoms with van der Waals surface area (Å²) in [5.41, 5.74) is -0.224. The highest BCUT2D eigenvalue weighted by atomic mass is 35.5. The lowest BCUT2D eigenvalue weighted by Gasteiger charge is -2.47. The summed E-state index contributed by atoms with van der Waals surface area (Å²) in [5, 5.41) is 0. The lowest BCUT2D eigenvalue weighted by Crippen LogP contribution is -3.00. The summed E-state index contributed by atoms with van der Waals surface area (Å²) in [4.78, 5) is 28.7. The second kappa shape index (κ2) is 22.5. The van der Waals surface area contributed by atoms with Crippen LogP contribution in [0.15, 0.2) is 60.7 Å². The maximum atomic E-state index is 15.1. The molecule has 0 amide bonds. The van der Waals surface area contributed by atoms with Crippen LogP contribution in [0.5, 0.6) is 0 Å². The predicted octanol–water partition coefficient (Wildman–Crippen LogP) is 7.58. The van der Waals surface area contributed by atoms with Gasteiger partial charge in [-0.3, -0.25) is 4.79 Å². The minimum absolute atomic E-state index is 0. The van der Waals surface area contributed by atoms with Gasteiger partial charge in [-0.25, -0.2) is 4.79 Å². The molecule has 7 nitrogen and oxygen atoms in total. The van der Waals surface area contributed by atoms with Crippen LogP contribution in [0.3, 0.4) is 0 Å². The molecule has 0 saturated carbocycles. The molecule has 306 valence electrons. The van der Waals surface area contributed by atoms with E-state index in [1.165, 1.54) is 107 Å². The number of carbonyl (C=O) groups is 2. The zero-order valence-electron chi connectivity index (χ0n) is 33.8. The quantitative estimate of drug-likeness (QED) is 0.0532. The molecule has 4 heterocycles. The van der Waals surface area contributed by atoms with Gasteiger partial charge < -0.3 is 35.8 Å². The van der Waals surface area contributed by atoms with Gasteiger partial charge in [-0.1, -0.05) is 145 Å². The molecule has 8 heteroatoms. The van der Waals surface area contributed by atoms with E-state index in [2.05, 4.69) is 6.92 Å². The molecule has 1 spiro atoms. The molecule has 2 bridgehead atoms. The van der Waals surface area contributed by atoms with Gasteiger partial charge in [0.1, 0.15) is 6.10 Å². The van der Waals surface area contributed by atoms with Crippen LogP contribution < -0.4 is 12.4 Å². The van der Waals surface area contributed by atoms with Gasteiger partial charge in [-0.05, 0) is 30.4 Å². The summed E-state index contributed by atoms with van der Waals surface area (Å²) < 4.78 is 27.1. The Morgan fingerprint density at radius 1 is 0.709 bits per heavy atom. The fraction of sp³-hybridized carbons (Fsp3) is 0.702. The molecule has 2 aromatic carbocycles. The molecule has 4 fully saturated rings. The molecule has 4 saturated heterocycles. The van der Waals surface area contributed by atoms with Gasteiger partial charge in [-0.2, -0.15) is 0 Å². The van der Waals surface area contributed by atoms with Crippen LogP contribution in [-0.4, -0.2) is 67.2 Å². The van der Waals surface area contributed by atoms with Crippen molar-refractivity contribution in [1.29, 1.82) is 0 Å². The zero-order valence-corrected chi connectivity index (χ0v) is 34.6. The zero-order chi connectivity index (χ0) is 37.5. The number of hydrogen-bond acceptors (Lipinski definition) is 6. The molecule has 3 atom stereocenters. The van der Waals surface area contributed by atoms with Gasteiger partial charge in [0.2, 0.25) is 11.9 Å². The molecule has 4 aliphatic rings. The van der Waals surface area contributed by atoms with E-state index >= 15 is 4.79 Å². The Kier molecular flexibility index (Phi) is 17.8. The van der Waals surface area contributed by atoms with Crippen molar-refractivity contribution in [3.63, 3.8) is 0 Å². The standard InChI is InChI=1S/C47H70NO6.ClH/c1-2-3-4-5-6-7-8-9-10-11-12-13-20-27-44(49)53-45(38-30-34-51-35-31-38)54-47(39-23-16-14-17-24-39,40-25-18-15-19-26-40)46(50)52-43-36-41-28-29-42(37-43)48(41)32-21-22-33-48;/h14-19,23-26,38,41-43,45H,2-13,20-22,27-37H2,1H3;1H/q+1;/p-1. The van der Waals surface area contributed by atoms with Crippen molar-refractivity contribution in [2.45, 2.75) is 178 Å². The van der Waals surface area contributed by atoms with E-state index in [-0.39, 0.29) is 30.4 Å². The number of halogens is 1. The molecule has 2 aromatic rings. The maximum absolute atomic E-state index is 15.1. The summed E-state index contributed by atoms with van der Waals surface area (Å²) in [6.07, 6.45) is 23.8. The van der Waals surface area contributed by atoms with E-state index in [4.69, 9.17) is 18.9 Å². The van der Waals surface area contributed by atoms with E-state index in [1.54, 1.807) is 0 Å². The van der Waals surface area contributed by atoms with Crippen LogP contribution in [-0.2, 0) is 34.1 Å². The van der Waals surface area contributed by atoms with Crippen molar-refractivity contribution < 1.29 is 45.4 Å². The van der Waals surface area contributed by atoms with E-state index < -0.39 is 17.9 Å². The molecule has 0 aliphatic carbocycles. The summed E-state index contributed by atoms with van der Waals surface area (Å²) in [5.74, 6) is -0.774. The first-order chi connectivity index (χ1) is 26.5. The summed E-state index contributed by atoms with van der Waals surface area (Å²) in [6, 6.07) is 20.6. The number of quaternary nitrogens is 1. The first kappa shape index (κ1) is 43.7. The third kappa shape index (κ3) is 11.4. The fourth-order valence-electron chi connectivity index (χ4n) is 10.3. The Bertz CT molecular complexity index is 1340. The predicted molar refractivity (Wildman–Crippen MR) is 214 cm³/mol. The molecule has 0 aromatic heterocycles. The maximum Gasteiger partial charge on any atom is 0.348 e. The van der Waals surface area contributed by atoms with Crippen LogP contribution in [0, 0.1) is 5.92 Å². The first-order valence-electron chi connectivity index (χ1n) is 22.2. The average Bonchev–Trinajstić information content (AvgIpc) is 3.75. The summed E-state index contributed by atoms with van der Waals surface area (Å²) >= 11 is 0. The second-order valence-electron chi connectivity index (χ2n) is 17.0. The van der Waals surface area contributed by atoms with Crippen molar-refractivity contribution in [1.82, 2.24) is 0 Å². The van der Waals surface area contributed by atoms with Gasteiger partial charge >= 0.3 is 11.9 Å². The molecular formula is C47H70ClNO6. The number of esters is 2. The van der Waals surface area contributed by atoms with Crippen molar-refractivity contribution >= 4 is 11.9 Å². The van der Waals surface area contributed by atoms with E-state index in [9.17, 15) is 4.79 Å². The van der Waals surface area contributed by atoms with E-state index in [0.29, 0.717) is 55.7 Å². The van der Waals surface area contributed by atoms with Gasteiger partial charge in [0.25, 0.3) is 0 Å². The number of benzene rings is 2. The molecule has 4 aliphatic heterocycles. The fourth-order valence-corrected chi connectivity index (χ4v) is 10.3. The van der Waals surface area contributed by atoms with E-state index in [1.807, 2.05) is 60.7 Å². The number of rotatable bonds is 22. The van der Waals surface area contributed by atoms with Crippen LogP contribution in [0.2, 0.25) is 0 Å². The Labute approximate surface area is 338 Å². The monoisotopic (exact) mass is 779 g/mol. The van der Waals surface area contributed by atoms with Crippen LogP contribution in [0.4, 0.5) is 0 Å². The van der Waals surface area contributed by atoms with Crippen molar-refractivity contribution in [2.75, 3.05) is 26.3 Å². The molecule has 0 radical (unpaired) electrons. The number of ether oxygens (including phenoxy) is 4. The van der Waals surface area contributed by atoms with Gasteiger partial charge in [-0.15, -0.1) is 0 Å². The largest absolute Gasteiger partial charge is 1.00 e. The van der Waals surface area contributed by atoms with Crippen LogP contribution >= 0.6 is 0 Å². The molecule has 0 N–H and O–H groups in total. The Morgan fingerprint density at radius 2 is 1.20 bits per heavy atom.